The highest BCUT2D eigenvalue weighted by molar-refractivity contribution is 5.68. The van der Waals surface area contributed by atoms with Crippen LogP contribution in [0.4, 0.5) is 4.79 Å². The molecule has 1 rings (SSSR count). The van der Waals surface area contributed by atoms with Gasteiger partial charge in [-0.1, -0.05) is 5.11 Å². The SMILES string of the molecule is CC(C)(C)OC(=O)N1C[C@@H](O)C[C@@H](N=[N+]=[N-])C1. The number of piperidine rings is 1. The summed E-state index contributed by atoms with van der Waals surface area (Å²) in [5.41, 5.74) is 7.78. The minimum atomic E-state index is -0.674. The smallest absolute Gasteiger partial charge is 0.410 e. The van der Waals surface area contributed by atoms with Gasteiger partial charge in [-0.3, -0.25) is 0 Å². The van der Waals surface area contributed by atoms with Gasteiger partial charge in [0.15, 0.2) is 0 Å². The summed E-state index contributed by atoms with van der Waals surface area (Å²) in [6, 6.07) is -0.392. The molecule has 1 aliphatic rings. The van der Waals surface area contributed by atoms with Crippen molar-refractivity contribution in [3.8, 4) is 0 Å². The van der Waals surface area contributed by atoms with Gasteiger partial charge in [-0.25, -0.2) is 4.79 Å². The number of aliphatic hydroxyl groups excluding tert-OH is 1. The summed E-state index contributed by atoms with van der Waals surface area (Å²) in [4.78, 5) is 15.8. The number of nitrogens with zero attached hydrogens (tertiary/aromatic N) is 4. The lowest BCUT2D eigenvalue weighted by molar-refractivity contribution is 0.000533. The zero-order valence-corrected chi connectivity index (χ0v) is 10.3. The molecule has 2 atom stereocenters. The lowest BCUT2D eigenvalue weighted by Gasteiger charge is -2.34. The number of β-amino-alcohol motifs (C(OH)–C–C–N with tert-alkyl or cyclic N) is 1. The number of rotatable bonds is 1. The molecule has 1 heterocycles. The van der Waals surface area contributed by atoms with Gasteiger partial charge in [-0.05, 0) is 32.7 Å². The van der Waals surface area contributed by atoms with E-state index in [-0.39, 0.29) is 13.1 Å². The van der Waals surface area contributed by atoms with Crippen LogP contribution < -0.4 is 0 Å². The van der Waals surface area contributed by atoms with Crippen LogP contribution in [0.15, 0.2) is 5.11 Å². The second-order valence-corrected chi connectivity index (χ2v) is 5.13. The van der Waals surface area contributed by atoms with E-state index in [4.69, 9.17) is 10.3 Å². The van der Waals surface area contributed by atoms with Crippen molar-refractivity contribution >= 4 is 6.09 Å². The van der Waals surface area contributed by atoms with Gasteiger partial charge in [-0.15, -0.1) is 0 Å². The van der Waals surface area contributed by atoms with Crippen LogP contribution in [0.1, 0.15) is 27.2 Å². The highest BCUT2D eigenvalue weighted by atomic mass is 16.6. The molecule has 0 bridgehead atoms. The highest BCUT2D eigenvalue weighted by Gasteiger charge is 2.31. The Bertz CT molecular complexity index is 333. The van der Waals surface area contributed by atoms with Gasteiger partial charge in [0.2, 0.25) is 0 Å². The minimum Gasteiger partial charge on any atom is -0.444 e. The van der Waals surface area contributed by atoms with Gasteiger partial charge in [0, 0.05) is 18.0 Å². The van der Waals surface area contributed by atoms with Crippen LogP contribution in [0.25, 0.3) is 10.4 Å². The molecular formula is C10H18N4O3. The zero-order valence-electron chi connectivity index (χ0n) is 10.3. The third-order valence-electron chi connectivity index (χ3n) is 2.27. The van der Waals surface area contributed by atoms with Crippen LogP contribution in [0.2, 0.25) is 0 Å². The number of carbonyl (C=O) groups excluding carboxylic acids is 1. The maximum atomic E-state index is 11.8. The molecule has 7 nitrogen and oxygen atoms in total. The van der Waals surface area contributed by atoms with Crippen molar-refractivity contribution in [3.05, 3.63) is 10.4 Å². The molecule has 0 aromatic heterocycles. The molecule has 0 saturated carbocycles. The summed E-state index contributed by atoms with van der Waals surface area (Å²) in [6.45, 7) is 5.82. The Morgan fingerprint density at radius 1 is 1.53 bits per heavy atom. The summed E-state index contributed by atoms with van der Waals surface area (Å²) in [5.74, 6) is 0. The first-order valence-electron chi connectivity index (χ1n) is 5.52. The molecule has 0 aromatic carbocycles. The van der Waals surface area contributed by atoms with Crippen molar-refractivity contribution < 1.29 is 14.6 Å². The maximum Gasteiger partial charge on any atom is 0.410 e. The number of carbonyl (C=O) groups is 1. The largest absolute Gasteiger partial charge is 0.444 e. The van der Waals surface area contributed by atoms with Crippen molar-refractivity contribution in [2.75, 3.05) is 13.1 Å². The molecular weight excluding hydrogens is 224 g/mol. The van der Waals surface area contributed by atoms with Crippen molar-refractivity contribution in [1.82, 2.24) is 4.90 Å². The fourth-order valence-corrected chi connectivity index (χ4v) is 1.68. The molecule has 0 aromatic rings. The van der Waals surface area contributed by atoms with E-state index in [0.29, 0.717) is 6.42 Å². The first-order valence-corrected chi connectivity index (χ1v) is 5.52. The molecule has 1 amide bonds. The normalized spacial score (nSPS) is 25.1. The fourth-order valence-electron chi connectivity index (χ4n) is 1.68. The van der Waals surface area contributed by atoms with E-state index < -0.39 is 23.8 Å². The Morgan fingerprint density at radius 3 is 2.71 bits per heavy atom. The van der Waals surface area contributed by atoms with Crippen LogP contribution in [0, 0.1) is 0 Å². The van der Waals surface area contributed by atoms with Crippen LogP contribution >= 0.6 is 0 Å². The number of hydrogen-bond acceptors (Lipinski definition) is 4. The maximum absolute atomic E-state index is 11.8. The average Bonchev–Trinajstić information content (AvgIpc) is 2.14. The van der Waals surface area contributed by atoms with E-state index in [9.17, 15) is 9.90 Å². The molecule has 7 heteroatoms. The molecule has 1 saturated heterocycles. The molecule has 1 fully saturated rings. The Hall–Kier alpha value is -1.46. The first kappa shape index (κ1) is 13.6. The quantitative estimate of drug-likeness (QED) is 0.430. The Balaban J connectivity index is 2.64. The Labute approximate surface area is 100.0 Å². The summed E-state index contributed by atoms with van der Waals surface area (Å²) >= 11 is 0. The van der Waals surface area contributed by atoms with Crippen molar-refractivity contribution in [3.63, 3.8) is 0 Å². The van der Waals surface area contributed by atoms with Gasteiger partial charge in [-0.2, -0.15) is 0 Å². The van der Waals surface area contributed by atoms with E-state index in [0.717, 1.165) is 0 Å². The van der Waals surface area contributed by atoms with Gasteiger partial charge in [0.1, 0.15) is 5.60 Å². The Morgan fingerprint density at radius 2 is 2.18 bits per heavy atom. The summed E-state index contributed by atoms with van der Waals surface area (Å²) in [5, 5.41) is 13.1. The molecule has 0 unspecified atom stereocenters. The minimum absolute atomic E-state index is 0.215. The van der Waals surface area contributed by atoms with E-state index in [1.165, 1.54) is 4.90 Å². The third kappa shape index (κ3) is 4.50. The van der Waals surface area contributed by atoms with Crippen LogP contribution in [-0.2, 0) is 4.74 Å². The van der Waals surface area contributed by atoms with E-state index in [1.807, 2.05) is 0 Å². The number of amides is 1. The number of hydrogen-bond donors (Lipinski definition) is 1. The first-order chi connectivity index (χ1) is 7.81. The van der Waals surface area contributed by atoms with Gasteiger partial charge in [0.25, 0.3) is 0 Å². The summed E-state index contributed by atoms with van der Waals surface area (Å²) in [7, 11) is 0. The molecule has 1 aliphatic heterocycles. The lowest BCUT2D eigenvalue weighted by Crippen LogP contribution is -2.49. The van der Waals surface area contributed by atoms with E-state index in [2.05, 4.69) is 10.0 Å². The zero-order chi connectivity index (χ0) is 13.1. The van der Waals surface area contributed by atoms with E-state index >= 15 is 0 Å². The second-order valence-electron chi connectivity index (χ2n) is 5.13. The molecule has 96 valence electrons. The van der Waals surface area contributed by atoms with Gasteiger partial charge < -0.3 is 14.7 Å². The van der Waals surface area contributed by atoms with Crippen LogP contribution in [0.3, 0.4) is 0 Å². The van der Waals surface area contributed by atoms with Crippen LogP contribution in [0.5, 0.6) is 0 Å². The topological polar surface area (TPSA) is 98.5 Å². The molecule has 1 N–H and O–H groups in total. The average molecular weight is 242 g/mol. The Kier molecular flexibility index (Phi) is 4.20. The number of ether oxygens (including phenoxy) is 1. The second kappa shape index (κ2) is 5.25. The molecule has 0 spiro atoms. The predicted octanol–water partition coefficient (Wildman–Crippen LogP) is 1.67. The third-order valence-corrected chi connectivity index (χ3v) is 2.27. The van der Waals surface area contributed by atoms with Gasteiger partial charge in [0.05, 0.1) is 12.1 Å². The van der Waals surface area contributed by atoms with Crippen molar-refractivity contribution in [1.29, 1.82) is 0 Å². The molecule has 0 radical (unpaired) electrons. The summed E-state index contributed by atoms with van der Waals surface area (Å²) < 4.78 is 5.19. The standard InChI is InChI=1S/C10H18N4O3/c1-10(2,3)17-9(16)14-5-7(12-13-11)4-8(15)6-14/h7-8,15H,4-6H2,1-3H3/t7-,8+/m1/s1. The molecule has 0 aliphatic carbocycles. The number of azide groups is 1. The van der Waals surface area contributed by atoms with Crippen LogP contribution in [-0.4, -0.2) is 46.9 Å². The number of aliphatic hydroxyl groups is 1. The fraction of sp³-hybridized carbons (Fsp3) is 0.900. The molecule has 17 heavy (non-hydrogen) atoms. The summed E-state index contributed by atoms with van der Waals surface area (Å²) in [6.07, 6.45) is -0.787. The van der Waals surface area contributed by atoms with Gasteiger partial charge >= 0.3 is 6.09 Å². The highest BCUT2D eigenvalue weighted by Crippen LogP contribution is 2.17. The monoisotopic (exact) mass is 242 g/mol. The predicted molar refractivity (Wildman–Crippen MR) is 61.4 cm³/mol. The van der Waals surface area contributed by atoms with Crippen molar-refractivity contribution in [2.24, 2.45) is 5.11 Å². The van der Waals surface area contributed by atoms with Crippen molar-refractivity contribution in [2.45, 2.75) is 44.9 Å². The lowest BCUT2D eigenvalue weighted by atomic mass is 10.0. The number of likely N-dealkylation sites (tertiary alicyclic amines) is 1. The van der Waals surface area contributed by atoms with E-state index in [1.54, 1.807) is 20.8 Å².